The van der Waals surface area contributed by atoms with Crippen LogP contribution in [0.2, 0.25) is 0 Å². The summed E-state index contributed by atoms with van der Waals surface area (Å²) < 4.78 is 0. The van der Waals surface area contributed by atoms with E-state index in [0.29, 0.717) is 0 Å². The summed E-state index contributed by atoms with van der Waals surface area (Å²) in [5.74, 6) is 0. The zero-order valence-corrected chi connectivity index (χ0v) is 14.5. The number of amides is 2. The topological polar surface area (TPSA) is 64.6 Å². The summed E-state index contributed by atoms with van der Waals surface area (Å²) >= 11 is 1.52. The number of thiophene rings is 1. The van der Waals surface area contributed by atoms with Gasteiger partial charge in [-0.25, -0.2) is 4.79 Å². The molecular formula is C17H23N3O2S. The summed E-state index contributed by atoms with van der Waals surface area (Å²) in [6.07, 6.45) is 0. The predicted octanol–water partition coefficient (Wildman–Crippen LogP) is 3.23. The maximum atomic E-state index is 12.1. The third-order valence-corrected chi connectivity index (χ3v) is 4.46. The molecule has 1 atom stereocenters. The molecule has 0 saturated heterocycles. The van der Waals surface area contributed by atoms with E-state index in [1.165, 1.54) is 11.3 Å². The first kappa shape index (κ1) is 17.3. The van der Waals surface area contributed by atoms with Crippen molar-refractivity contribution in [3.05, 3.63) is 46.7 Å². The molecule has 1 heterocycles. The van der Waals surface area contributed by atoms with Gasteiger partial charge in [0.15, 0.2) is 0 Å². The van der Waals surface area contributed by atoms with Crippen molar-refractivity contribution < 1.29 is 9.90 Å². The van der Waals surface area contributed by atoms with Crippen LogP contribution in [0.1, 0.15) is 19.4 Å². The number of nitrogens with zero attached hydrogens (tertiary/aromatic N) is 1. The minimum absolute atomic E-state index is 0.140. The lowest BCUT2D eigenvalue weighted by Crippen LogP contribution is -2.40. The Balaban J connectivity index is 1.98. The second-order valence-corrected chi connectivity index (χ2v) is 6.40. The molecule has 0 unspecified atom stereocenters. The average Bonchev–Trinajstić information content (AvgIpc) is 3.08. The third-order valence-electron chi connectivity index (χ3n) is 3.77. The van der Waals surface area contributed by atoms with E-state index in [1.54, 1.807) is 6.92 Å². The molecule has 5 nitrogen and oxygen atoms in total. The molecule has 124 valence electrons. The number of para-hydroxylation sites is 2. The van der Waals surface area contributed by atoms with Gasteiger partial charge in [-0.05, 0) is 48.4 Å². The van der Waals surface area contributed by atoms with Crippen LogP contribution in [0.4, 0.5) is 16.2 Å². The molecule has 0 aliphatic rings. The fourth-order valence-electron chi connectivity index (χ4n) is 2.17. The summed E-state index contributed by atoms with van der Waals surface area (Å²) in [5.41, 5.74) is 1.41. The van der Waals surface area contributed by atoms with Crippen LogP contribution in [0.5, 0.6) is 0 Å². The smallest absolute Gasteiger partial charge is 0.319 e. The molecule has 3 N–H and O–H groups in total. The number of carbonyl (C=O) groups is 1. The lowest BCUT2D eigenvalue weighted by Gasteiger charge is -2.24. The Morgan fingerprint density at radius 3 is 2.74 bits per heavy atom. The van der Waals surface area contributed by atoms with Crippen LogP contribution in [0.3, 0.4) is 0 Å². The highest BCUT2D eigenvalue weighted by atomic mass is 32.1. The number of urea groups is 1. The van der Waals surface area contributed by atoms with Crippen LogP contribution in [0.25, 0.3) is 0 Å². The van der Waals surface area contributed by atoms with E-state index in [1.807, 2.05) is 48.1 Å². The zero-order valence-electron chi connectivity index (χ0n) is 13.7. The molecule has 2 aromatic rings. The summed E-state index contributed by atoms with van der Waals surface area (Å²) in [7, 11) is 1.97. The Morgan fingerprint density at radius 2 is 2.09 bits per heavy atom. The maximum Gasteiger partial charge on any atom is 0.319 e. The molecule has 0 bridgehead atoms. The van der Waals surface area contributed by atoms with Gasteiger partial charge in [-0.15, -0.1) is 0 Å². The van der Waals surface area contributed by atoms with Crippen molar-refractivity contribution in [2.75, 3.05) is 30.4 Å². The van der Waals surface area contributed by atoms with Gasteiger partial charge in [0.25, 0.3) is 0 Å². The van der Waals surface area contributed by atoms with Crippen LogP contribution in [-0.2, 0) is 5.60 Å². The van der Waals surface area contributed by atoms with Crippen LogP contribution in [0, 0.1) is 0 Å². The van der Waals surface area contributed by atoms with Gasteiger partial charge < -0.3 is 20.6 Å². The van der Waals surface area contributed by atoms with Crippen molar-refractivity contribution in [2.24, 2.45) is 0 Å². The second kappa shape index (κ2) is 7.48. The number of anilines is 2. The van der Waals surface area contributed by atoms with E-state index in [-0.39, 0.29) is 12.6 Å². The van der Waals surface area contributed by atoms with Crippen molar-refractivity contribution in [1.29, 1.82) is 0 Å². The SMILES string of the molecule is CCN(C)c1ccccc1NC(=O)NC[C@@](C)(O)c1ccsc1. The van der Waals surface area contributed by atoms with E-state index < -0.39 is 5.60 Å². The number of rotatable bonds is 6. The lowest BCUT2D eigenvalue weighted by atomic mass is 9.99. The standard InChI is InChI=1S/C17H23N3O2S/c1-4-20(3)15-8-6-5-7-14(15)19-16(21)18-12-17(2,22)13-9-10-23-11-13/h5-11,22H,4,12H2,1-3H3,(H2,18,19,21)/t17-/m1/s1. The first-order valence-electron chi connectivity index (χ1n) is 7.54. The predicted molar refractivity (Wildman–Crippen MR) is 96.3 cm³/mol. The van der Waals surface area contributed by atoms with Gasteiger partial charge in [-0.2, -0.15) is 11.3 Å². The fourth-order valence-corrected chi connectivity index (χ4v) is 2.96. The van der Waals surface area contributed by atoms with Gasteiger partial charge in [-0.1, -0.05) is 12.1 Å². The fraction of sp³-hybridized carbons (Fsp3) is 0.353. The van der Waals surface area contributed by atoms with Crippen molar-refractivity contribution in [3.8, 4) is 0 Å². The van der Waals surface area contributed by atoms with Crippen molar-refractivity contribution in [2.45, 2.75) is 19.4 Å². The number of carbonyl (C=O) groups excluding carboxylic acids is 1. The molecule has 0 spiro atoms. The molecule has 0 aliphatic carbocycles. The number of aliphatic hydroxyl groups is 1. The molecule has 2 amide bonds. The normalized spacial score (nSPS) is 13.2. The van der Waals surface area contributed by atoms with Gasteiger partial charge >= 0.3 is 6.03 Å². The quantitative estimate of drug-likeness (QED) is 0.760. The minimum Gasteiger partial charge on any atom is -0.384 e. The van der Waals surface area contributed by atoms with E-state index in [9.17, 15) is 9.90 Å². The van der Waals surface area contributed by atoms with Crippen LogP contribution < -0.4 is 15.5 Å². The molecule has 0 radical (unpaired) electrons. The monoisotopic (exact) mass is 333 g/mol. The number of hydrogen-bond acceptors (Lipinski definition) is 4. The Morgan fingerprint density at radius 1 is 1.35 bits per heavy atom. The summed E-state index contributed by atoms with van der Waals surface area (Å²) in [6.45, 7) is 4.72. The number of benzene rings is 1. The van der Waals surface area contributed by atoms with Crippen molar-refractivity contribution in [1.82, 2.24) is 5.32 Å². The molecule has 23 heavy (non-hydrogen) atoms. The van der Waals surface area contributed by atoms with E-state index >= 15 is 0 Å². The molecule has 0 saturated carbocycles. The highest BCUT2D eigenvalue weighted by Gasteiger charge is 2.24. The van der Waals surface area contributed by atoms with E-state index in [4.69, 9.17) is 0 Å². The molecule has 0 aliphatic heterocycles. The van der Waals surface area contributed by atoms with Gasteiger partial charge in [0.05, 0.1) is 17.9 Å². The first-order valence-corrected chi connectivity index (χ1v) is 8.48. The molecule has 1 aromatic heterocycles. The van der Waals surface area contributed by atoms with Crippen molar-refractivity contribution >= 4 is 28.7 Å². The second-order valence-electron chi connectivity index (χ2n) is 5.62. The first-order chi connectivity index (χ1) is 10.9. The lowest BCUT2D eigenvalue weighted by molar-refractivity contribution is 0.0604. The summed E-state index contributed by atoms with van der Waals surface area (Å²) in [5, 5.41) is 19.8. The number of hydrogen-bond donors (Lipinski definition) is 3. The van der Waals surface area contributed by atoms with Gasteiger partial charge in [0.2, 0.25) is 0 Å². The Bertz CT molecular complexity index is 641. The Kier molecular flexibility index (Phi) is 5.63. The van der Waals surface area contributed by atoms with Gasteiger partial charge in [0.1, 0.15) is 5.60 Å². The summed E-state index contributed by atoms with van der Waals surface area (Å²) in [6, 6.07) is 9.15. The van der Waals surface area contributed by atoms with Crippen molar-refractivity contribution in [3.63, 3.8) is 0 Å². The maximum absolute atomic E-state index is 12.1. The number of nitrogens with one attached hydrogen (secondary N) is 2. The highest BCUT2D eigenvalue weighted by molar-refractivity contribution is 7.08. The van der Waals surface area contributed by atoms with E-state index in [2.05, 4.69) is 22.5 Å². The van der Waals surface area contributed by atoms with E-state index in [0.717, 1.165) is 23.5 Å². The Hall–Kier alpha value is -2.05. The average molecular weight is 333 g/mol. The summed E-state index contributed by atoms with van der Waals surface area (Å²) in [4.78, 5) is 14.2. The largest absolute Gasteiger partial charge is 0.384 e. The third kappa shape index (κ3) is 4.46. The minimum atomic E-state index is -1.09. The van der Waals surface area contributed by atoms with Gasteiger partial charge in [0, 0.05) is 13.6 Å². The molecule has 6 heteroatoms. The molecule has 0 fully saturated rings. The molecular weight excluding hydrogens is 310 g/mol. The molecule has 1 aromatic carbocycles. The van der Waals surface area contributed by atoms with Gasteiger partial charge in [-0.3, -0.25) is 0 Å². The zero-order chi connectivity index (χ0) is 16.9. The molecule has 2 rings (SSSR count). The van der Waals surface area contributed by atoms with Crippen LogP contribution in [0.15, 0.2) is 41.1 Å². The highest BCUT2D eigenvalue weighted by Crippen LogP contribution is 2.25. The van der Waals surface area contributed by atoms with Crippen LogP contribution >= 0.6 is 11.3 Å². The van der Waals surface area contributed by atoms with Crippen LogP contribution in [-0.4, -0.2) is 31.3 Å². The Labute approximate surface area is 140 Å².